The number of nitrogens with one attached hydrogen (secondary N) is 1. The molecule has 10 heteroatoms. The summed E-state index contributed by atoms with van der Waals surface area (Å²) in [6, 6.07) is 13.4. The molecule has 0 radical (unpaired) electrons. The van der Waals surface area contributed by atoms with Crippen LogP contribution in [0.25, 0.3) is 11.3 Å². The van der Waals surface area contributed by atoms with Crippen LogP contribution in [0.4, 0.5) is 10.2 Å². The molecule has 34 heavy (non-hydrogen) atoms. The van der Waals surface area contributed by atoms with Crippen molar-refractivity contribution in [3.8, 4) is 17.0 Å². The number of nitrogens with zero attached hydrogens (tertiary/aromatic N) is 2. The van der Waals surface area contributed by atoms with E-state index in [0.717, 1.165) is 5.56 Å². The SMILES string of the molecule is COc1ccccc1C(=O)NCc1ccc(-c2nn([C@H]3CCOCC3F)c(N)c2C(N)=O)cc1. The number of primary amides is 1. The second kappa shape index (κ2) is 9.92. The lowest BCUT2D eigenvalue weighted by molar-refractivity contribution is 0.000592. The van der Waals surface area contributed by atoms with Gasteiger partial charge in [0.1, 0.15) is 29.0 Å². The van der Waals surface area contributed by atoms with Crippen molar-refractivity contribution in [2.45, 2.75) is 25.2 Å². The average molecular weight is 468 g/mol. The summed E-state index contributed by atoms with van der Waals surface area (Å²) in [4.78, 5) is 24.7. The average Bonchev–Trinajstić information content (AvgIpc) is 3.20. The fourth-order valence-corrected chi connectivity index (χ4v) is 4.00. The number of para-hydroxylation sites is 1. The summed E-state index contributed by atoms with van der Waals surface area (Å²) in [5.41, 5.74) is 13.9. The molecular formula is C24H26FN5O4. The highest BCUT2D eigenvalue weighted by atomic mass is 19.1. The topological polar surface area (TPSA) is 134 Å². The number of methoxy groups -OCH3 is 1. The van der Waals surface area contributed by atoms with Crippen molar-refractivity contribution in [3.05, 3.63) is 65.2 Å². The third kappa shape index (κ3) is 4.58. The zero-order valence-electron chi connectivity index (χ0n) is 18.7. The maximum atomic E-state index is 14.4. The Labute approximate surface area is 195 Å². The first-order valence-corrected chi connectivity index (χ1v) is 10.8. The molecule has 1 aliphatic rings. The molecule has 3 aromatic rings. The van der Waals surface area contributed by atoms with Crippen LogP contribution in [0.5, 0.6) is 5.75 Å². The predicted octanol–water partition coefficient (Wildman–Crippen LogP) is 2.47. The van der Waals surface area contributed by atoms with Gasteiger partial charge in [-0.25, -0.2) is 9.07 Å². The lowest BCUT2D eigenvalue weighted by Crippen LogP contribution is -2.32. The number of benzene rings is 2. The van der Waals surface area contributed by atoms with Crippen LogP contribution in [0.2, 0.25) is 0 Å². The number of ether oxygens (including phenoxy) is 2. The first kappa shape index (κ1) is 23.2. The summed E-state index contributed by atoms with van der Waals surface area (Å²) in [6.07, 6.45) is -0.908. The molecule has 5 N–H and O–H groups in total. The number of carbonyl (C=O) groups is 2. The minimum Gasteiger partial charge on any atom is -0.496 e. The lowest BCUT2D eigenvalue weighted by atomic mass is 10.0. The van der Waals surface area contributed by atoms with E-state index in [2.05, 4.69) is 10.4 Å². The molecule has 9 nitrogen and oxygen atoms in total. The molecule has 2 heterocycles. The Kier molecular flexibility index (Phi) is 6.78. The Morgan fingerprint density at radius 1 is 1.24 bits per heavy atom. The van der Waals surface area contributed by atoms with Crippen molar-refractivity contribution in [2.24, 2.45) is 5.73 Å². The van der Waals surface area contributed by atoms with Crippen LogP contribution < -0.4 is 21.5 Å². The first-order valence-electron chi connectivity index (χ1n) is 10.8. The summed E-state index contributed by atoms with van der Waals surface area (Å²) in [7, 11) is 1.51. The maximum Gasteiger partial charge on any atom is 0.255 e. The van der Waals surface area contributed by atoms with Gasteiger partial charge in [-0.3, -0.25) is 9.59 Å². The van der Waals surface area contributed by atoms with Gasteiger partial charge in [-0.2, -0.15) is 5.10 Å². The van der Waals surface area contributed by atoms with E-state index >= 15 is 0 Å². The molecule has 0 saturated carbocycles. The second-order valence-corrected chi connectivity index (χ2v) is 7.94. The molecule has 4 rings (SSSR count). The normalized spacial score (nSPS) is 17.8. The smallest absolute Gasteiger partial charge is 0.255 e. The molecule has 0 bridgehead atoms. The molecular weight excluding hydrogens is 441 g/mol. The van der Waals surface area contributed by atoms with Gasteiger partial charge >= 0.3 is 0 Å². The summed E-state index contributed by atoms with van der Waals surface area (Å²) >= 11 is 0. The molecule has 1 aromatic heterocycles. The van der Waals surface area contributed by atoms with E-state index in [4.69, 9.17) is 20.9 Å². The summed E-state index contributed by atoms with van der Waals surface area (Å²) in [5, 5.41) is 7.30. The van der Waals surface area contributed by atoms with Gasteiger partial charge in [0.25, 0.3) is 11.8 Å². The van der Waals surface area contributed by atoms with Crippen molar-refractivity contribution in [2.75, 3.05) is 26.1 Å². The molecule has 0 spiro atoms. The number of anilines is 1. The van der Waals surface area contributed by atoms with Crippen molar-refractivity contribution in [1.82, 2.24) is 15.1 Å². The van der Waals surface area contributed by atoms with Crippen molar-refractivity contribution < 1.29 is 23.5 Å². The van der Waals surface area contributed by atoms with Crippen molar-refractivity contribution in [1.29, 1.82) is 0 Å². The summed E-state index contributed by atoms with van der Waals surface area (Å²) in [6.45, 7) is 0.601. The monoisotopic (exact) mass is 467 g/mol. The van der Waals surface area contributed by atoms with Crippen LogP contribution in [-0.4, -0.2) is 48.1 Å². The predicted molar refractivity (Wildman–Crippen MR) is 124 cm³/mol. The molecule has 1 fully saturated rings. The van der Waals surface area contributed by atoms with Gasteiger partial charge in [0.05, 0.1) is 25.3 Å². The molecule has 178 valence electrons. The number of hydrogen-bond donors (Lipinski definition) is 3. The highest BCUT2D eigenvalue weighted by Gasteiger charge is 2.32. The molecule has 2 atom stereocenters. The molecule has 0 aliphatic carbocycles. The van der Waals surface area contributed by atoms with Crippen LogP contribution in [-0.2, 0) is 11.3 Å². The van der Waals surface area contributed by atoms with E-state index < -0.39 is 18.1 Å². The van der Waals surface area contributed by atoms with Crippen LogP contribution in [0.1, 0.15) is 38.7 Å². The van der Waals surface area contributed by atoms with E-state index in [1.54, 1.807) is 48.5 Å². The summed E-state index contributed by atoms with van der Waals surface area (Å²) < 4.78 is 26.1. The third-order valence-corrected chi connectivity index (χ3v) is 5.79. The van der Waals surface area contributed by atoms with Crippen LogP contribution in [0.3, 0.4) is 0 Å². The second-order valence-electron chi connectivity index (χ2n) is 7.94. The Morgan fingerprint density at radius 3 is 2.65 bits per heavy atom. The minimum absolute atomic E-state index is 0.0326. The standard InChI is InChI=1S/C24H26FN5O4/c1-33-19-5-3-2-4-16(19)24(32)28-12-14-6-8-15(9-7-14)21-20(23(27)31)22(26)30(29-21)18-10-11-34-13-17(18)25/h2-9,17-18H,10-13,26H2,1H3,(H2,27,31)(H,28,32)/t17?,18-/m0/s1. The Hall–Kier alpha value is -3.92. The van der Waals surface area contributed by atoms with Crippen LogP contribution >= 0.6 is 0 Å². The fourth-order valence-electron chi connectivity index (χ4n) is 4.00. The minimum atomic E-state index is -1.29. The number of aromatic nitrogens is 2. The van der Waals surface area contributed by atoms with Crippen LogP contribution in [0.15, 0.2) is 48.5 Å². The highest BCUT2D eigenvalue weighted by molar-refractivity contribution is 6.03. The lowest BCUT2D eigenvalue weighted by Gasteiger charge is -2.27. The molecule has 1 aliphatic heterocycles. The van der Waals surface area contributed by atoms with Gasteiger partial charge in [0, 0.05) is 18.7 Å². The van der Waals surface area contributed by atoms with Gasteiger partial charge in [-0.15, -0.1) is 0 Å². The van der Waals surface area contributed by atoms with E-state index in [9.17, 15) is 14.0 Å². The third-order valence-electron chi connectivity index (χ3n) is 5.79. The van der Waals surface area contributed by atoms with Gasteiger partial charge in [0.15, 0.2) is 0 Å². The van der Waals surface area contributed by atoms with Crippen LogP contribution in [0, 0.1) is 0 Å². The molecule has 2 amide bonds. The van der Waals surface area contributed by atoms with Gasteiger partial charge in [-0.1, -0.05) is 36.4 Å². The van der Waals surface area contributed by atoms with Gasteiger partial charge < -0.3 is 26.3 Å². The zero-order chi connectivity index (χ0) is 24.2. The number of halogens is 1. The van der Waals surface area contributed by atoms with Gasteiger partial charge in [0.2, 0.25) is 0 Å². The number of hydrogen-bond acceptors (Lipinski definition) is 6. The quantitative estimate of drug-likeness (QED) is 0.489. The number of carbonyl (C=O) groups excluding carboxylic acids is 2. The van der Waals surface area contributed by atoms with Crippen molar-refractivity contribution in [3.63, 3.8) is 0 Å². The van der Waals surface area contributed by atoms with E-state index in [1.165, 1.54) is 11.8 Å². The molecule has 1 unspecified atom stereocenters. The summed E-state index contributed by atoms with van der Waals surface area (Å²) in [5.74, 6) is -0.483. The van der Waals surface area contributed by atoms with E-state index in [-0.39, 0.29) is 36.1 Å². The zero-order valence-corrected chi connectivity index (χ0v) is 18.7. The fraction of sp³-hybridized carbons (Fsp3) is 0.292. The van der Waals surface area contributed by atoms with E-state index in [1.807, 2.05) is 0 Å². The molecule has 2 aromatic carbocycles. The van der Waals surface area contributed by atoms with Crippen molar-refractivity contribution >= 4 is 17.6 Å². The maximum absolute atomic E-state index is 14.4. The molecule has 1 saturated heterocycles. The van der Waals surface area contributed by atoms with Gasteiger partial charge in [-0.05, 0) is 24.1 Å². The number of alkyl halides is 1. The number of amides is 2. The number of rotatable bonds is 7. The number of nitrogen functional groups attached to an aromatic ring is 1. The largest absolute Gasteiger partial charge is 0.496 e. The van der Waals surface area contributed by atoms with E-state index in [0.29, 0.717) is 29.9 Å². The Morgan fingerprint density at radius 2 is 1.97 bits per heavy atom. The highest BCUT2D eigenvalue weighted by Crippen LogP contribution is 2.33. The first-order chi connectivity index (χ1) is 16.4. The Balaban J connectivity index is 1.54. The Bertz CT molecular complexity index is 1190. The number of nitrogens with two attached hydrogens (primary N) is 2.